The Hall–Kier alpha value is -3.85. The number of thioether (sulfide) groups is 1. The van der Waals surface area contributed by atoms with E-state index in [-0.39, 0.29) is 17.7 Å². The number of carbonyl (C=O) groups is 2. The lowest BCUT2D eigenvalue weighted by molar-refractivity contribution is -0.122. The predicted octanol–water partition coefficient (Wildman–Crippen LogP) is 3.50. The van der Waals surface area contributed by atoms with Gasteiger partial charge in [0.1, 0.15) is 0 Å². The van der Waals surface area contributed by atoms with E-state index in [1.807, 2.05) is 56.3 Å². The number of carbonyl (C=O) groups excluding carboxylic acids is 2. The molecule has 0 bridgehead atoms. The number of rotatable bonds is 5. The van der Waals surface area contributed by atoms with Crippen molar-refractivity contribution in [3.05, 3.63) is 79.7 Å². The van der Waals surface area contributed by atoms with Gasteiger partial charge >= 0.3 is 11.1 Å². The molecule has 4 rings (SSSR count). The van der Waals surface area contributed by atoms with E-state index in [0.717, 1.165) is 44.6 Å². The second kappa shape index (κ2) is 9.07. The highest BCUT2D eigenvalue weighted by Crippen LogP contribution is 2.37. The third-order valence-electron chi connectivity index (χ3n) is 6.11. The first-order chi connectivity index (χ1) is 16.5. The van der Waals surface area contributed by atoms with E-state index in [9.17, 15) is 19.2 Å². The number of fused-ring (bicyclic) bond motifs is 1. The summed E-state index contributed by atoms with van der Waals surface area (Å²) in [5.41, 5.74) is 4.57. The smallest absolute Gasteiger partial charge is 0.316 e. The molecule has 180 valence electrons. The van der Waals surface area contributed by atoms with E-state index in [1.165, 1.54) is 15.2 Å². The summed E-state index contributed by atoms with van der Waals surface area (Å²) in [5.74, 6) is -0.337. The van der Waals surface area contributed by atoms with Crippen molar-refractivity contribution in [1.82, 2.24) is 14.0 Å². The molecule has 0 atom stereocenters. The van der Waals surface area contributed by atoms with Gasteiger partial charge in [-0.3, -0.25) is 24.1 Å². The molecule has 2 heterocycles. The maximum absolute atomic E-state index is 12.7. The van der Waals surface area contributed by atoms with Crippen LogP contribution < -0.4 is 16.0 Å². The topological polar surface area (TPSA) is 84.6 Å². The van der Waals surface area contributed by atoms with Crippen LogP contribution >= 0.6 is 11.8 Å². The van der Waals surface area contributed by atoms with Crippen LogP contribution in [0.1, 0.15) is 11.1 Å². The second-order valence-corrected chi connectivity index (χ2v) is 9.63. The number of hydrogen-bond acceptors (Lipinski definition) is 6. The number of anilines is 1. The van der Waals surface area contributed by atoms with Crippen molar-refractivity contribution in [2.75, 3.05) is 25.5 Å². The first-order valence-electron chi connectivity index (χ1n) is 10.9. The largest absolute Gasteiger partial charge is 0.377 e. The van der Waals surface area contributed by atoms with Crippen LogP contribution in [-0.4, -0.2) is 45.8 Å². The maximum Gasteiger partial charge on any atom is 0.316 e. The van der Waals surface area contributed by atoms with Gasteiger partial charge in [-0.25, -0.2) is 0 Å². The molecule has 0 spiro atoms. The van der Waals surface area contributed by atoms with Gasteiger partial charge in [-0.1, -0.05) is 12.1 Å². The number of hydrogen-bond donors (Lipinski definition) is 0. The molecule has 3 aromatic rings. The average molecular weight is 491 g/mol. The zero-order chi connectivity index (χ0) is 25.6. The number of nitrogens with zero attached hydrogens (tertiary/aromatic N) is 4. The lowest BCUT2D eigenvalue weighted by Crippen LogP contribution is -2.39. The van der Waals surface area contributed by atoms with Crippen LogP contribution in [-0.2, 0) is 18.9 Å². The molecule has 8 nitrogen and oxygen atoms in total. The first-order valence-corrected chi connectivity index (χ1v) is 11.7. The molecule has 2 aromatic carbocycles. The molecule has 0 aliphatic carbocycles. The molecule has 1 aliphatic heterocycles. The van der Waals surface area contributed by atoms with E-state index in [1.54, 1.807) is 20.2 Å². The fourth-order valence-corrected chi connectivity index (χ4v) is 5.05. The number of amides is 2. The van der Waals surface area contributed by atoms with Gasteiger partial charge in [0.2, 0.25) is 0 Å². The molecular weight excluding hydrogens is 464 g/mol. The molecule has 0 radical (unpaired) electrons. The minimum Gasteiger partial charge on any atom is -0.377 e. The molecule has 1 aliphatic rings. The van der Waals surface area contributed by atoms with Crippen LogP contribution in [0.5, 0.6) is 0 Å². The van der Waals surface area contributed by atoms with Gasteiger partial charge < -0.3 is 14.0 Å². The summed E-state index contributed by atoms with van der Waals surface area (Å²) in [6, 6.07) is 9.63. The maximum atomic E-state index is 12.7. The Morgan fingerprint density at radius 3 is 2.17 bits per heavy atom. The van der Waals surface area contributed by atoms with Crippen LogP contribution in [0, 0.1) is 6.92 Å². The first kappa shape index (κ1) is 24.3. The van der Waals surface area contributed by atoms with E-state index in [4.69, 9.17) is 0 Å². The molecule has 35 heavy (non-hydrogen) atoms. The zero-order valence-corrected chi connectivity index (χ0v) is 21.1. The number of aryl methyl sites for hydroxylation is 3. The van der Waals surface area contributed by atoms with Crippen LogP contribution in [0.15, 0.2) is 57.5 Å². The summed E-state index contributed by atoms with van der Waals surface area (Å²) >= 11 is 0.910. The standard InChI is InChI=1S/C26H26N4O4S/c1-7-10-30-23(31)22(35-26(30)34)13-16-8-9-19(27(3)4)18(12-16)17-14-21-20(11-15(17)2)28(5)24(32)25(33)29(21)6/h7-9,11-14H,1,10H2,2-6H3. The Morgan fingerprint density at radius 1 is 0.943 bits per heavy atom. The van der Waals surface area contributed by atoms with Crippen LogP contribution in [0.25, 0.3) is 28.2 Å². The second-order valence-electron chi connectivity index (χ2n) is 8.64. The Morgan fingerprint density at radius 2 is 1.57 bits per heavy atom. The van der Waals surface area contributed by atoms with E-state index >= 15 is 0 Å². The SMILES string of the molecule is C=CCN1C(=O)SC(=Cc2ccc(N(C)C)c(-c3cc4c(cc3C)n(C)c(=O)c(=O)n4C)c2)C1=O. The van der Waals surface area contributed by atoms with Gasteiger partial charge in [0, 0.05) is 46.0 Å². The van der Waals surface area contributed by atoms with Crippen molar-refractivity contribution >= 4 is 45.7 Å². The molecule has 0 unspecified atom stereocenters. The van der Waals surface area contributed by atoms with Gasteiger partial charge in [0.25, 0.3) is 11.1 Å². The quantitative estimate of drug-likeness (QED) is 0.309. The Balaban J connectivity index is 1.91. The fourth-order valence-electron chi connectivity index (χ4n) is 4.20. The Bertz CT molecular complexity index is 1560. The van der Waals surface area contributed by atoms with E-state index < -0.39 is 11.1 Å². The van der Waals surface area contributed by atoms with Gasteiger partial charge in [0.05, 0.1) is 15.9 Å². The highest BCUT2D eigenvalue weighted by molar-refractivity contribution is 8.18. The lowest BCUT2D eigenvalue weighted by Gasteiger charge is -2.21. The van der Waals surface area contributed by atoms with Crippen LogP contribution in [0.2, 0.25) is 0 Å². The van der Waals surface area contributed by atoms with Gasteiger partial charge in [-0.05, 0) is 65.7 Å². The van der Waals surface area contributed by atoms with E-state index in [0.29, 0.717) is 15.9 Å². The highest BCUT2D eigenvalue weighted by atomic mass is 32.2. The minimum absolute atomic E-state index is 0.171. The summed E-state index contributed by atoms with van der Waals surface area (Å²) in [6.45, 7) is 5.73. The predicted molar refractivity (Wildman–Crippen MR) is 142 cm³/mol. The number of benzene rings is 2. The highest BCUT2D eigenvalue weighted by Gasteiger charge is 2.34. The van der Waals surface area contributed by atoms with Crippen molar-refractivity contribution in [2.45, 2.75) is 6.92 Å². The normalized spacial score (nSPS) is 14.9. The Kier molecular flexibility index (Phi) is 6.29. The Labute approximate surface area is 206 Å². The fraction of sp³-hybridized carbons (Fsp3) is 0.231. The van der Waals surface area contributed by atoms with Crippen LogP contribution in [0.3, 0.4) is 0 Å². The zero-order valence-electron chi connectivity index (χ0n) is 20.3. The number of aromatic nitrogens is 2. The average Bonchev–Trinajstić information content (AvgIpc) is 3.08. The third kappa shape index (κ3) is 4.12. The van der Waals surface area contributed by atoms with E-state index in [2.05, 4.69) is 6.58 Å². The van der Waals surface area contributed by atoms with Crippen LogP contribution in [0.4, 0.5) is 10.5 Å². The monoisotopic (exact) mass is 490 g/mol. The summed E-state index contributed by atoms with van der Waals surface area (Å²) < 4.78 is 2.74. The summed E-state index contributed by atoms with van der Waals surface area (Å²) in [5, 5.41) is -0.316. The molecular formula is C26H26N4O4S. The van der Waals surface area contributed by atoms with Gasteiger partial charge in [0.15, 0.2) is 0 Å². The lowest BCUT2D eigenvalue weighted by atomic mass is 9.95. The number of imide groups is 1. The van der Waals surface area contributed by atoms with Crippen molar-refractivity contribution in [3.63, 3.8) is 0 Å². The molecule has 9 heteroatoms. The molecule has 0 saturated carbocycles. The van der Waals surface area contributed by atoms with Gasteiger partial charge in [-0.2, -0.15) is 0 Å². The van der Waals surface area contributed by atoms with Gasteiger partial charge in [-0.15, -0.1) is 6.58 Å². The molecule has 1 fully saturated rings. The van der Waals surface area contributed by atoms with Crippen molar-refractivity contribution in [1.29, 1.82) is 0 Å². The summed E-state index contributed by atoms with van der Waals surface area (Å²) in [6.07, 6.45) is 3.24. The van der Waals surface area contributed by atoms with Crippen molar-refractivity contribution in [2.24, 2.45) is 14.1 Å². The molecule has 1 aromatic heterocycles. The molecule has 0 N–H and O–H groups in total. The van der Waals surface area contributed by atoms with Crippen molar-refractivity contribution in [3.8, 4) is 11.1 Å². The summed E-state index contributed by atoms with van der Waals surface area (Å²) in [7, 11) is 7.06. The third-order valence-corrected chi connectivity index (χ3v) is 7.02. The molecule has 2 amide bonds. The minimum atomic E-state index is -0.591. The van der Waals surface area contributed by atoms with Crippen molar-refractivity contribution < 1.29 is 9.59 Å². The molecule has 1 saturated heterocycles. The summed E-state index contributed by atoms with van der Waals surface area (Å²) in [4.78, 5) is 53.1.